The van der Waals surface area contributed by atoms with Gasteiger partial charge in [0.2, 0.25) is 0 Å². The lowest BCUT2D eigenvalue weighted by atomic mass is 10.2. The van der Waals surface area contributed by atoms with E-state index in [4.69, 9.17) is 4.74 Å². The zero-order valence-electron chi connectivity index (χ0n) is 11.1. The highest BCUT2D eigenvalue weighted by atomic mass is 16.5. The van der Waals surface area contributed by atoms with Crippen LogP contribution in [-0.4, -0.2) is 17.5 Å². The predicted octanol–water partition coefficient (Wildman–Crippen LogP) is 2.33. The van der Waals surface area contributed by atoms with Gasteiger partial charge in [0, 0.05) is 24.1 Å². The van der Waals surface area contributed by atoms with Gasteiger partial charge in [-0.2, -0.15) is 0 Å². The van der Waals surface area contributed by atoms with Crippen LogP contribution in [0.2, 0.25) is 0 Å². The molecular formula is C15H15N3O2. The maximum Gasteiger partial charge on any atom is 0.262 e. The Labute approximate surface area is 117 Å². The van der Waals surface area contributed by atoms with E-state index in [9.17, 15) is 4.79 Å². The second-order valence-electron chi connectivity index (χ2n) is 4.71. The largest absolute Gasteiger partial charge is 0.482 e. The fraction of sp³-hybridized carbons (Fsp3) is 0.200. The molecule has 0 spiro atoms. The number of amides is 1. The number of benzene rings is 1. The van der Waals surface area contributed by atoms with Gasteiger partial charge in [-0.05, 0) is 36.8 Å². The van der Waals surface area contributed by atoms with Crippen LogP contribution in [-0.2, 0) is 11.3 Å². The van der Waals surface area contributed by atoms with Crippen molar-refractivity contribution < 1.29 is 9.53 Å². The molecule has 2 N–H and O–H groups in total. The van der Waals surface area contributed by atoms with Crippen molar-refractivity contribution in [3.05, 3.63) is 47.8 Å². The number of nitrogens with zero attached hydrogens (tertiary/aromatic N) is 1. The van der Waals surface area contributed by atoms with Gasteiger partial charge < -0.3 is 15.4 Å². The molecule has 2 heterocycles. The van der Waals surface area contributed by atoms with Crippen LogP contribution in [0.1, 0.15) is 11.3 Å². The van der Waals surface area contributed by atoms with Gasteiger partial charge in [0.05, 0.1) is 5.69 Å². The fourth-order valence-corrected chi connectivity index (χ4v) is 2.00. The van der Waals surface area contributed by atoms with E-state index in [-0.39, 0.29) is 12.5 Å². The van der Waals surface area contributed by atoms with Crippen molar-refractivity contribution >= 4 is 17.3 Å². The van der Waals surface area contributed by atoms with E-state index >= 15 is 0 Å². The Morgan fingerprint density at radius 1 is 1.35 bits per heavy atom. The van der Waals surface area contributed by atoms with E-state index in [1.807, 2.05) is 43.5 Å². The summed E-state index contributed by atoms with van der Waals surface area (Å²) in [6.45, 7) is 2.72. The van der Waals surface area contributed by atoms with Crippen LogP contribution in [0.25, 0.3) is 0 Å². The molecule has 1 aliphatic rings. The number of hydrogen-bond acceptors (Lipinski definition) is 4. The van der Waals surface area contributed by atoms with Crippen molar-refractivity contribution in [1.29, 1.82) is 0 Å². The summed E-state index contributed by atoms with van der Waals surface area (Å²) in [7, 11) is 0. The van der Waals surface area contributed by atoms with Gasteiger partial charge in [0.15, 0.2) is 6.61 Å². The third kappa shape index (κ3) is 2.71. The molecule has 0 fully saturated rings. The number of pyridine rings is 1. The fourth-order valence-electron chi connectivity index (χ4n) is 2.00. The first-order chi connectivity index (χ1) is 9.70. The second-order valence-corrected chi connectivity index (χ2v) is 4.71. The molecule has 5 nitrogen and oxygen atoms in total. The zero-order chi connectivity index (χ0) is 13.9. The highest BCUT2D eigenvalue weighted by molar-refractivity contribution is 5.96. The molecule has 2 aromatic rings. The Balaban J connectivity index is 1.70. The Kier molecular flexibility index (Phi) is 3.25. The van der Waals surface area contributed by atoms with Crippen LogP contribution < -0.4 is 15.4 Å². The van der Waals surface area contributed by atoms with E-state index in [0.717, 1.165) is 16.9 Å². The van der Waals surface area contributed by atoms with E-state index in [2.05, 4.69) is 15.6 Å². The minimum absolute atomic E-state index is 0.0782. The number of fused-ring (bicyclic) bond motifs is 1. The van der Waals surface area contributed by atoms with Gasteiger partial charge in [-0.15, -0.1) is 0 Å². The summed E-state index contributed by atoms with van der Waals surface area (Å²) in [5.74, 6) is 0.574. The van der Waals surface area contributed by atoms with E-state index in [0.29, 0.717) is 18.0 Å². The summed E-state index contributed by atoms with van der Waals surface area (Å²) in [5.41, 5.74) is 3.74. The highest BCUT2D eigenvalue weighted by Gasteiger charge is 2.15. The van der Waals surface area contributed by atoms with Crippen molar-refractivity contribution in [2.75, 3.05) is 17.2 Å². The van der Waals surface area contributed by atoms with Crippen molar-refractivity contribution in [3.8, 4) is 5.75 Å². The molecule has 0 saturated heterocycles. The van der Waals surface area contributed by atoms with Crippen molar-refractivity contribution in [3.63, 3.8) is 0 Å². The second kappa shape index (κ2) is 5.21. The number of carbonyl (C=O) groups excluding carboxylic acids is 1. The van der Waals surface area contributed by atoms with Crippen LogP contribution in [0.4, 0.5) is 11.4 Å². The molecule has 5 heteroatoms. The predicted molar refractivity (Wildman–Crippen MR) is 76.9 cm³/mol. The molecule has 0 bridgehead atoms. The molecule has 0 atom stereocenters. The summed E-state index contributed by atoms with van der Waals surface area (Å²) in [6.07, 6.45) is 1.85. The number of hydrogen-bond donors (Lipinski definition) is 2. The van der Waals surface area contributed by atoms with E-state index in [1.54, 1.807) is 0 Å². The number of ether oxygens (including phenoxy) is 1. The molecule has 102 valence electrons. The van der Waals surface area contributed by atoms with Gasteiger partial charge in [0.25, 0.3) is 5.91 Å². The van der Waals surface area contributed by atoms with Gasteiger partial charge in [0.1, 0.15) is 5.75 Å². The Bertz CT molecular complexity index is 638. The number of anilines is 2. The molecule has 1 amide bonds. The molecule has 0 aliphatic carbocycles. The molecule has 3 rings (SSSR count). The maximum absolute atomic E-state index is 11.3. The Morgan fingerprint density at radius 3 is 3.05 bits per heavy atom. The topological polar surface area (TPSA) is 63.2 Å². The molecule has 1 aliphatic heterocycles. The average Bonchev–Trinajstić information content (AvgIpc) is 2.46. The van der Waals surface area contributed by atoms with Crippen LogP contribution in [0, 0.1) is 6.92 Å². The molecule has 0 unspecified atom stereocenters. The number of aromatic nitrogens is 1. The zero-order valence-corrected chi connectivity index (χ0v) is 11.1. The monoisotopic (exact) mass is 269 g/mol. The number of rotatable bonds is 3. The van der Waals surface area contributed by atoms with Crippen molar-refractivity contribution in [2.24, 2.45) is 0 Å². The summed E-state index contributed by atoms with van der Waals surface area (Å²) < 4.78 is 5.32. The molecule has 1 aromatic heterocycles. The third-order valence-corrected chi connectivity index (χ3v) is 3.08. The van der Waals surface area contributed by atoms with E-state index in [1.165, 1.54) is 0 Å². The van der Waals surface area contributed by atoms with Crippen LogP contribution in [0.3, 0.4) is 0 Å². The molecule has 0 radical (unpaired) electrons. The Morgan fingerprint density at radius 2 is 2.25 bits per heavy atom. The van der Waals surface area contributed by atoms with Crippen molar-refractivity contribution in [1.82, 2.24) is 4.98 Å². The lowest BCUT2D eigenvalue weighted by molar-refractivity contribution is -0.118. The summed E-state index contributed by atoms with van der Waals surface area (Å²) in [5, 5.41) is 6.09. The Hall–Kier alpha value is -2.56. The van der Waals surface area contributed by atoms with Gasteiger partial charge in [-0.3, -0.25) is 9.78 Å². The SMILES string of the molecule is Cc1ccc(CNc2ccc3c(c2)NC(=O)CO3)cn1. The standard InChI is InChI=1S/C15H15N3O2/c1-10-2-3-11(7-16-10)8-17-12-4-5-14-13(6-12)18-15(19)9-20-14/h2-7,17H,8-9H2,1H3,(H,18,19). The first-order valence-corrected chi connectivity index (χ1v) is 6.43. The van der Waals surface area contributed by atoms with Crippen LogP contribution in [0.15, 0.2) is 36.5 Å². The average molecular weight is 269 g/mol. The smallest absolute Gasteiger partial charge is 0.262 e. The lowest BCUT2D eigenvalue weighted by Gasteiger charge is -2.18. The summed E-state index contributed by atoms with van der Waals surface area (Å²) in [6, 6.07) is 9.67. The van der Waals surface area contributed by atoms with Crippen molar-refractivity contribution in [2.45, 2.75) is 13.5 Å². The first kappa shape index (κ1) is 12.5. The number of nitrogens with one attached hydrogen (secondary N) is 2. The summed E-state index contributed by atoms with van der Waals surface area (Å²) in [4.78, 5) is 15.5. The molecule has 1 aromatic carbocycles. The number of carbonyl (C=O) groups is 1. The van der Waals surface area contributed by atoms with Crippen LogP contribution in [0.5, 0.6) is 5.75 Å². The van der Waals surface area contributed by atoms with Crippen LogP contribution >= 0.6 is 0 Å². The maximum atomic E-state index is 11.3. The van der Waals surface area contributed by atoms with E-state index < -0.39 is 0 Å². The minimum atomic E-state index is -0.127. The first-order valence-electron chi connectivity index (χ1n) is 6.43. The van der Waals surface area contributed by atoms with Gasteiger partial charge in [-0.1, -0.05) is 6.07 Å². The normalized spacial score (nSPS) is 13.2. The third-order valence-electron chi connectivity index (χ3n) is 3.08. The van der Waals surface area contributed by atoms with Gasteiger partial charge >= 0.3 is 0 Å². The lowest BCUT2D eigenvalue weighted by Crippen LogP contribution is -2.25. The molecule has 0 saturated carbocycles. The van der Waals surface area contributed by atoms with Gasteiger partial charge in [-0.25, -0.2) is 0 Å². The number of aryl methyl sites for hydroxylation is 1. The molecule has 20 heavy (non-hydrogen) atoms. The molecular weight excluding hydrogens is 254 g/mol. The summed E-state index contributed by atoms with van der Waals surface area (Å²) >= 11 is 0. The minimum Gasteiger partial charge on any atom is -0.482 e. The quantitative estimate of drug-likeness (QED) is 0.897. The highest BCUT2D eigenvalue weighted by Crippen LogP contribution is 2.30.